The Morgan fingerprint density at radius 1 is 1.23 bits per heavy atom. The van der Waals surface area contributed by atoms with Crippen molar-refractivity contribution in [2.24, 2.45) is 5.73 Å². The Morgan fingerprint density at radius 2 is 2.03 bits per heavy atom. The minimum absolute atomic E-state index is 0.0178. The smallest absolute Gasteiger partial charge is 0.250 e. The third-order valence-corrected chi connectivity index (χ3v) is 5.27. The number of ether oxygens (including phenoxy) is 1. The first kappa shape index (κ1) is 20.9. The number of piperidine rings is 1. The van der Waals surface area contributed by atoms with Crippen LogP contribution in [0, 0.1) is 17.5 Å². The molecule has 162 valence electrons. The fourth-order valence-electron chi connectivity index (χ4n) is 3.77. The first-order chi connectivity index (χ1) is 14.9. The number of hydrogen-bond donors (Lipinski definition) is 3. The summed E-state index contributed by atoms with van der Waals surface area (Å²) in [5, 5.41) is 6.96. The first-order valence-corrected chi connectivity index (χ1v) is 9.68. The van der Waals surface area contributed by atoms with Crippen molar-refractivity contribution in [3.8, 4) is 16.9 Å². The number of aromatic nitrogens is 2. The van der Waals surface area contributed by atoms with Gasteiger partial charge in [-0.3, -0.25) is 4.79 Å². The molecule has 10 heteroatoms. The van der Waals surface area contributed by atoms with Crippen LogP contribution in [0.25, 0.3) is 22.0 Å². The molecule has 31 heavy (non-hydrogen) atoms. The van der Waals surface area contributed by atoms with Gasteiger partial charge in [0, 0.05) is 23.5 Å². The molecule has 1 amide bonds. The molecule has 1 fully saturated rings. The summed E-state index contributed by atoms with van der Waals surface area (Å²) in [5.74, 6) is -5.07. The summed E-state index contributed by atoms with van der Waals surface area (Å²) in [6.07, 6.45) is 3.18. The number of anilines is 1. The normalized spacial score (nSPS) is 16.3. The topological polar surface area (TPSA) is 102 Å². The minimum Gasteiger partial charge on any atom is -0.491 e. The highest BCUT2D eigenvalue weighted by molar-refractivity contribution is 6.09. The second-order valence-corrected chi connectivity index (χ2v) is 7.26. The molecule has 3 aromatic rings. The van der Waals surface area contributed by atoms with E-state index in [-0.39, 0.29) is 28.2 Å². The summed E-state index contributed by atoms with van der Waals surface area (Å²) in [5.41, 5.74) is 5.43. The Labute approximate surface area is 175 Å². The summed E-state index contributed by atoms with van der Waals surface area (Å²) >= 11 is 0. The molecule has 0 aliphatic carbocycles. The summed E-state index contributed by atoms with van der Waals surface area (Å²) in [7, 11) is 1.04. The molecule has 0 saturated carbocycles. The molecule has 7 nitrogen and oxygen atoms in total. The third kappa shape index (κ3) is 3.86. The highest BCUT2D eigenvalue weighted by Gasteiger charge is 2.23. The Balaban J connectivity index is 1.91. The Hall–Kier alpha value is -3.40. The van der Waals surface area contributed by atoms with Gasteiger partial charge in [-0.25, -0.2) is 18.7 Å². The zero-order valence-corrected chi connectivity index (χ0v) is 16.6. The predicted molar refractivity (Wildman–Crippen MR) is 109 cm³/mol. The van der Waals surface area contributed by atoms with E-state index in [4.69, 9.17) is 5.73 Å². The van der Waals surface area contributed by atoms with Gasteiger partial charge in [0.25, 0.3) is 5.91 Å². The van der Waals surface area contributed by atoms with E-state index < -0.39 is 29.1 Å². The zero-order chi connectivity index (χ0) is 22.1. The van der Waals surface area contributed by atoms with Crippen molar-refractivity contribution in [3.63, 3.8) is 0 Å². The van der Waals surface area contributed by atoms with Crippen LogP contribution in [0.5, 0.6) is 5.75 Å². The number of nitrogens with one attached hydrogen (secondary N) is 2. The van der Waals surface area contributed by atoms with Crippen LogP contribution in [0.2, 0.25) is 0 Å². The average Bonchev–Trinajstić information content (AvgIpc) is 2.77. The maximum absolute atomic E-state index is 14.7. The van der Waals surface area contributed by atoms with Crippen molar-refractivity contribution >= 4 is 22.6 Å². The number of hydrogen-bond acceptors (Lipinski definition) is 6. The monoisotopic (exact) mass is 431 g/mol. The van der Waals surface area contributed by atoms with Crippen molar-refractivity contribution in [1.29, 1.82) is 0 Å². The van der Waals surface area contributed by atoms with Gasteiger partial charge < -0.3 is 21.1 Å². The maximum atomic E-state index is 14.7. The van der Waals surface area contributed by atoms with Crippen LogP contribution in [0.1, 0.15) is 23.2 Å². The lowest BCUT2D eigenvalue weighted by molar-refractivity contribution is 0.100. The second kappa shape index (κ2) is 8.38. The van der Waals surface area contributed by atoms with E-state index >= 15 is 0 Å². The van der Waals surface area contributed by atoms with Crippen LogP contribution in [-0.4, -0.2) is 42.1 Å². The fraction of sp³-hybridized carbons (Fsp3) is 0.286. The van der Waals surface area contributed by atoms with Crippen molar-refractivity contribution in [1.82, 2.24) is 15.3 Å². The van der Waals surface area contributed by atoms with E-state index in [0.29, 0.717) is 11.2 Å². The van der Waals surface area contributed by atoms with Crippen molar-refractivity contribution in [2.45, 2.75) is 18.9 Å². The number of primary amides is 1. The molecule has 1 aliphatic rings. The lowest BCUT2D eigenvalue weighted by Gasteiger charge is -2.25. The Bertz CT molecular complexity index is 1170. The van der Waals surface area contributed by atoms with Crippen molar-refractivity contribution in [2.75, 3.05) is 25.5 Å². The fourth-order valence-corrected chi connectivity index (χ4v) is 3.77. The molecule has 1 atom stereocenters. The predicted octanol–water partition coefficient (Wildman–Crippen LogP) is 2.99. The highest BCUT2D eigenvalue weighted by atomic mass is 19.2. The van der Waals surface area contributed by atoms with E-state index in [2.05, 4.69) is 25.3 Å². The number of fused-ring (bicyclic) bond motifs is 1. The summed E-state index contributed by atoms with van der Waals surface area (Å²) < 4.78 is 47.9. The van der Waals surface area contributed by atoms with Crippen LogP contribution >= 0.6 is 0 Å². The van der Waals surface area contributed by atoms with E-state index in [1.54, 1.807) is 0 Å². The maximum Gasteiger partial charge on any atom is 0.250 e. The molecule has 1 aliphatic heterocycles. The number of carbonyl (C=O) groups is 1. The number of carbonyl (C=O) groups excluding carboxylic acids is 1. The van der Waals surface area contributed by atoms with Gasteiger partial charge in [0.1, 0.15) is 12.1 Å². The number of nitrogens with two attached hydrogens (primary N) is 1. The molecule has 1 saturated heterocycles. The molecule has 0 radical (unpaired) electrons. The quantitative estimate of drug-likeness (QED) is 0.537. The van der Waals surface area contributed by atoms with Crippen molar-refractivity contribution in [3.05, 3.63) is 47.5 Å². The highest BCUT2D eigenvalue weighted by Crippen LogP contribution is 2.36. The standard InChI is InChI=1S/C21H20F3N5O2/c1-31-19-15(22)7-12(16(23)17(19)24)10-5-13(20(25)30)18-14(6-10)21(28-9-27-18)29-11-3-2-4-26-8-11/h5-7,9,11,26H,2-4,8H2,1H3,(H2,25,30)(H,27,28,29). The van der Waals surface area contributed by atoms with Gasteiger partial charge in [0.05, 0.1) is 18.2 Å². The molecule has 4 N–H and O–H groups in total. The number of halogens is 3. The lowest BCUT2D eigenvalue weighted by Crippen LogP contribution is -2.38. The Kier molecular flexibility index (Phi) is 5.64. The number of benzene rings is 2. The minimum atomic E-state index is -1.46. The number of methoxy groups -OCH3 is 1. The molecular formula is C21H20F3N5O2. The molecule has 4 rings (SSSR count). The molecule has 2 aromatic carbocycles. The van der Waals surface area contributed by atoms with Crippen molar-refractivity contribution < 1.29 is 22.7 Å². The van der Waals surface area contributed by atoms with Gasteiger partial charge in [0.2, 0.25) is 5.82 Å². The number of amides is 1. The number of nitrogens with zero attached hydrogens (tertiary/aromatic N) is 2. The van der Waals surface area contributed by atoms with Crippen LogP contribution < -0.4 is 21.1 Å². The summed E-state index contributed by atoms with van der Waals surface area (Å²) in [6, 6.07) is 3.63. The molecule has 0 bridgehead atoms. The molecule has 1 unspecified atom stereocenters. The molecule has 2 heterocycles. The van der Waals surface area contributed by atoms with Gasteiger partial charge in [-0.1, -0.05) is 0 Å². The van der Waals surface area contributed by atoms with Gasteiger partial charge in [-0.05, 0) is 43.1 Å². The Morgan fingerprint density at radius 3 is 2.71 bits per heavy atom. The van der Waals surface area contributed by atoms with Crippen LogP contribution in [-0.2, 0) is 0 Å². The van der Waals surface area contributed by atoms with E-state index in [0.717, 1.165) is 39.1 Å². The summed E-state index contributed by atoms with van der Waals surface area (Å²) in [4.78, 5) is 20.5. The van der Waals surface area contributed by atoms with E-state index in [1.807, 2.05) is 0 Å². The second-order valence-electron chi connectivity index (χ2n) is 7.26. The summed E-state index contributed by atoms with van der Waals surface area (Å²) in [6.45, 7) is 1.64. The SMILES string of the molecule is COc1c(F)cc(-c2cc(C(N)=O)c3ncnc(NC4CCCNC4)c3c2)c(F)c1F. The first-order valence-electron chi connectivity index (χ1n) is 9.68. The van der Waals surface area contributed by atoms with Crippen LogP contribution in [0.4, 0.5) is 19.0 Å². The lowest BCUT2D eigenvalue weighted by atomic mass is 9.98. The molecule has 1 aromatic heterocycles. The van der Waals surface area contributed by atoms with Crippen LogP contribution in [0.3, 0.4) is 0 Å². The number of rotatable bonds is 5. The van der Waals surface area contributed by atoms with E-state index in [1.165, 1.54) is 18.5 Å². The van der Waals surface area contributed by atoms with Crippen LogP contribution in [0.15, 0.2) is 24.5 Å². The third-order valence-electron chi connectivity index (χ3n) is 5.27. The van der Waals surface area contributed by atoms with Gasteiger partial charge >= 0.3 is 0 Å². The largest absolute Gasteiger partial charge is 0.491 e. The molecule has 0 spiro atoms. The molecular weight excluding hydrogens is 411 g/mol. The van der Waals surface area contributed by atoms with Gasteiger partial charge in [0.15, 0.2) is 17.4 Å². The van der Waals surface area contributed by atoms with Gasteiger partial charge in [-0.15, -0.1) is 0 Å². The van der Waals surface area contributed by atoms with Gasteiger partial charge in [-0.2, -0.15) is 4.39 Å². The van der Waals surface area contributed by atoms with E-state index in [9.17, 15) is 18.0 Å². The average molecular weight is 431 g/mol. The zero-order valence-electron chi connectivity index (χ0n) is 16.6.